The second kappa shape index (κ2) is 4.44. The van der Waals surface area contributed by atoms with E-state index in [2.05, 4.69) is 9.97 Å². The van der Waals surface area contributed by atoms with Crippen LogP contribution >= 0.6 is 23.4 Å². The van der Waals surface area contributed by atoms with Crippen molar-refractivity contribution in [1.82, 2.24) is 9.97 Å². The summed E-state index contributed by atoms with van der Waals surface area (Å²) in [6.07, 6.45) is 0. The van der Waals surface area contributed by atoms with E-state index in [1.807, 2.05) is 36.9 Å². The van der Waals surface area contributed by atoms with Gasteiger partial charge in [-0.3, -0.25) is 0 Å². The van der Waals surface area contributed by atoms with Gasteiger partial charge in [0.15, 0.2) is 5.82 Å². The van der Waals surface area contributed by atoms with Gasteiger partial charge in [0.05, 0.1) is 5.69 Å². The summed E-state index contributed by atoms with van der Waals surface area (Å²) in [4.78, 5) is 9.04. The Morgan fingerprint density at radius 1 is 1.28 bits per heavy atom. The van der Waals surface area contributed by atoms with Crippen LogP contribution in [0.3, 0.4) is 0 Å². The van der Waals surface area contributed by atoms with Gasteiger partial charge >= 0.3 is 0 Å². The third kappa shape index (κ3) is 1.95. The summed E-state index contributed by atoms with van der Waals surface area (Å²) >= 11 is 7.78. The van der Waals surface area contributed by atoms with Gasteiger partial charge in [0.1, 0.15) is 5.82 Å². The number of rotatable bonds is 1. The first-order chi connectivity index (χ1) is 8.65. The Hall–Kier alpha value is -1.26. The standard InChI is InChI=1S/C13H12ClN3S/c1-7-4-8(14)2-3-9(7)13-16-11-6-18-5-10(11)12(15)17-13/h2-4H,5-6H2,1H3,(H2,15,16,17). The van der Waals surface area contributed by atoms with Gasteiger partial charge in [-0.2, -0.15) is 11.8 Å². The van der Waals surface area contributed by atoms with Crippen molar-refractivity contribution in [2.75, 3.05) is 5.73 Å². The fraction of sp³-hybridized carbons (Fsp3) is 0.231. The van der Waals surface area contributed by atoms with Crippen molar-refractivity contribution in [3.05, 3.63) is 40.0 Å². The van der Waals surface area contributed by atoms with Crippen LogP contribution in [0.15, 0.2) is 18.2 Å². The average molecular weight is 278 g/mol. The molecule has 2 aromatic rings. The molecule has 92 valence electrons. The number of nitrogens with zero attached hydrogens (tertiary/aromatic N) is 2. The van der Waals surface area contributed by atoms with Gasteiger partial charge in [-0.05, 0) is 30.7 Å². The largest absolute Gasteiger partial charge is 0.383 e. The number of thioether (sulfide) groups is 1. The molecule has 18 heavy (non-hydrogen) atoms. The fourth-order valence-corrected chi connectivity index (χ4v) is 3.35. The number of anilines is 1. The molecule has 0 amide bonds. The van der Waals surface area contributed by atoms with Crippen molar-refractivity contribution < 1.29 is 0 Å². The van der Waals surface area contributed by atoms with Crippen LogP contribution in [-0.4, -0.2) is 9.97 Å². The van der Waals surface area contributed by atoms with Crippen molar-refractivity contribution in [2.24, 2.45) is 0 Å². The van der Waals surface area contributed by atoms with Crippen LogP contribution in [0, 0.1) is 6.92 Å². The van der Waals surface area contributed by atoms with Gasteiger partial charge in [-0.15, -0.1) is 0 Å². The van der Waals surface area contributed by atoms with E-state index in [1.54, 1.807) is 0 Å². The fourth-order valence-electron chi connectivity index (χ4n) is 2.07. The molecule has 5 heteroatoms. The van der Waals surface area contributed by atoms with Gasteiger partial charge in [0.2, 0.25) is 0 Å². The molecule has 0 bridgehead atoms. The second-order valence-electron chi connectivity index (χ2n) is 4.31. The van der Waals surface area contributed by atoms with Crippen LogP contribution < -0.4 is 5.73 Å². The lowest BCUT2D eigenvalue weighted by atomic mass is 10.1. The van der Waals surface area contributed by atoms with Crippen molar-refractivity contribution >= 4 is 29.2 Å². The topological polar surface area (TPSA) is 51.8 Å². The van der Waals surface area contributed by atoms with Crippen LogP contribution in [0.4, 0.5) is 5.82 Å². The first-order valence-electron chi connectivity index (χ1n) is 5.64. The van der Waals surface area contributed by atoms with Gasteiger partial charge in [0.25, 0.3) is 0 Å². The van der Waals surface area contributed by atoms with E-state index in [-0.39, 0.29) is 0 Å². The molecule has 1 aliphatic rings. The van der Waals surface area contributed by atoms with Crippen molar-refractivity contribution in [2.45, 2.75) is 18.4 Å². The number of benzene rings is 1. The number of aryl methyl sites for hydroxylation is 1. The van der Waals surface area contributed by atoms with E-state index in [4.69, 9.17) is 17.3 Å². The van der Waals surface area contributed by atoms with Crippen LogP contribution in [0.5, 0.6) is 0 Å². The molecule has 1 aromatic heterocycles. The molecule has 0 saturated heterocycles. The van der Waals surface area contributed by atoms with E-state index in [1.165, 1.54) is 0 Å². The van der Waals surface area contributed by atoms with Gasteiger partial charge in [-0.1, -0.05) is 11.6 Å². The zero-order chi connectivity index (χ0) is 12.7. The lowest BCUT2D eigenvalue weighted by Gasteiger charge is -2.08. The molecule has 3 rings (SSSR count). The zero-order valence-corrected chi connectivity index (χ0v) is 11.5. The van der Waals surface area contributed by atoms with E-state index in [0.29, 0.717) is 11.6 Å². The molecule has 1 aromatic carbocycles. The number of hydrogen-bond donors (Lipinski definition) is 1. The highest BCUT2D eigenvalue weighted by atomic mass is 35.5. The molecule has 0 fully saturated rings. The highest BCUT2D eigenvalue weighted by Gasteiger charge is 2.19. The third-order valence-corrected chi connectivity index (χ3v) is 4.24. The molecular weight excluding hydrogens is 266 g/mol. The lowest BCUT2D eigenvalue weighted by molar-refractivity contribution is 1.08. The van der Waals surface area contributed by atoms with Crippen LogP contribution in [0.2, 0.25) is 5.02 Å². The predicted octanol–water partition coefficient (Wildman–Crippen LogP) is 3.43. The Morgan fingerprint density at radius 3 is 2.89 bits per heavy atom. The highest BCUT2D eigenvalue weighted by Crippen LogP contribution is 2.33. The summed E-state index contributed by atoms with van der Waals surface area (Å²) in [5, 5.41) is 0.723. The van der Waals surface area contributed by atoms with Gasteiger partial charge < -0.3 is 5.73 Å². The maximum atomic E-state index is 6.00. The maximum Gasteiger partial charge on any atom is 0.162 e. The third-order valence-electron chi connectivity index (χ3n) is 3.04. The number of nitrogens with two attached hydrogens (primary N) is 1. The SMILES string of the molecule is Cc1cc(Cl)ccc1-c1nc(N)c2c(n1)CSC2. The first kappa shape index (κ1) is 11.8. The summed E-state index contributed by atoms with van der Waals surface area (Å²) in [6.45, 7) is 2.00. The number of aromatic nitrogens is 2. The number of hydrogen-bond acceptors (Lipinski definition) is 4. The average Bonchev–Trinajstić information content (AvgIpc) is 2.77. The Bertz CT molecular complexity index is 628. The quantitative estimate of drug-likeness (QED) is 0.868. The summed E-state index contributed by atoms with van der Waals surface area (Å²) < 4.78 is 0. The van der Waals surface area contributed by atoms with E-state index in [0.717, 1.165) is 38.9 Å². The molecule has 0 aliphatic carbocycles. The summed E-state index contributed by atoms with van der Waals surface area (Å²) in [6, 6.07) is 5.71. The molecule has 1 aliphatic heterocycles. The van der Waals surface area contributed by atoms with Crippen molar-refractivity contribution in [1.29, 1.82) is 0 Å². The normalized spacial score (nSPS) is 13.7. The van der Waals surface area contributed by atoms with E-state index in [9.17, 15) is 0 Å². The van der Waals surface area contributed by atoms with Crippen LogP contribution in [0.25, 0.3) is 11.4 Å². The molecule has 2 N–H and O–H groups in total. The minimum Gasteiger partial charge on any atom is -0.383 e. The Morgan fingerprint density at radius 2 is 2.11 bits per heavy atom. The van der Waals surface area contributed by atoms with Crippen molar-refractivity contribution in [3.63, 3.8) is 0 Å². The molecule has 0 saturated carbocycles. The van der Waals surface area contributed by atoms with E-state index >= 15 is 0 Å². The Labute approximate surface area is 115 Å². The summed E-state index contributed by atoms with van der Waals surface area (Å²) in [5.41, 5.74) is 10.2. The minimum absolute atomic E-state index is 0.606. The number of nitrogen functional groups attached to an aromatic ring is 1. The monoisotopic (exact) mass is 277 g/mol. The lowest BCUT2D eigenvalue weighted by Crippen LogP contribution is -2.03. The molecular formula is C13H12ClN3S. The van der Waals surface area contributed by atoms with Gasteiger partial charge in [-0.25, -0.2) is 9.97 Å². The van der Waals surface area contributed by atoms with E-state index < -0.39 is 0 Å². The maximum absolute atomic E-state index is 6.00. The second-order valence-corrected chi connectivity index (χ2v) is 5.73. The molecule has 3 nitrogen and oxygen atoms in total. The smallest absolute Gasteiger partial charge is 0.162 e. The molecule has 0 unspecified atom stereocenters. The minimum atomic E-state index is 0.606. The summed E-state index contributed by atoms with van der Waals surface area (Å²) in [5.74, 6) is 3.14. The van der Waals surface area contributed by atoms with Gasteiger partial charge in [0, 0.05) is 27.7 Å². The summed E-state index contributed by atoms with van der Waals surface area (Å²) in [7, 11) is 0. The number of halogens is 1. The molecule has 0 atom stereocenters. The van der Waals surface area contributed by atoms with Crippen LogP contribution in [0.1, 0.15) is 16.8 Å². The Kier molecular flexibility index (Phi) is 2.92. The Balaban J connectivity index is 2.15. The zero-order valence-electron chi connectivity index (χ0n) is 9.90. The van der Waals surface area contributed by atoms with Crippen molar-refractivity contribution in [3.8, 4) is 11.4 Å². The number of fused-ring (bicyclic) bond motifs is 1. The molecule has 0 radical (unpaired) electrons. The highest BCUT2D eigenvalue weighted by molar-refractivity contribution is 7.98. The van der Waals surface area contributed by atoms with Crippen LogP contribution in [-0.2, 0) is 11.5 Å². The first-order valence-corrected chi connectivity index (χ1v) is 7.18. The molecule has 0 spiro atoms. The molecule has 2 heterocycles. The predicted molar refractivity (Wildman–Crippen MR) is 76.6 cm³/mol.